The SMILES string of the molecule is CC[C@@H](Oc1ccc(OC)cc1)C(=O)Nc1ccc2c(c1)OCCO2. The molecule has 1 amide bonds. The van der Waals surface area contributed by atoms with Gasteiger partial charge in [0.2, 0.25) is 0 Å². The molecule has 2 aromatic carbocycles. The van der Waals surface area contributed by atoms with Gasteiger partial charge in [0.1, 0.15) is 24.7 Å². The number of amides is 1. The number of methoxy groups -OCH3 is 1. The van der Waals surface area contributed by atoms with E-state index in [4.69, 9.17) is 18.9 Å². The second-order valence-corrected chi connectivity index (χ2v) is 5.54. The minimum Gasteiger partial charge on any atom is -0.497 e. The smallest absolute Gasteiger partial charge is 0.265 e. The van der Waals surface area contributed by atoms with E-state index in [-0.39, 0.29) is 5.91 Å². The molecule has 0 aromatic heterocycles. The highest BCUT2D eigenvalue weighted by molar-refractivity contribution is 5.94. The van der Waals surface area contributed by atoms with Gasteiger partial charge in [0.15, 0.2) is 17.6 Å². The van der Waals surface area contributed by atoms with E-state index in [1.54, 1.807) is 49.6 Å². The first-order valence-corrected chi connectivity index (χ1v) is 8.21. The molecule has 1 atom stereocenters. The molecule has 132 valence electrons. The van der Waals surface area contributed by atoms with Crippen molar-refractivity contribution in [3.8, 4) is 23.0 Å². The van der Waals surface area contributed by atoms with Crippen molar-refractivity contribution < 1.29 is 23.7 Å². The van der Waals surface area contributed by atoms with E-state index in [0.29, 0.717) is 42.6 Å². The predicted octanol–water partition coefficient (Wildman–Crippen LogP) is 3.26. The third-order valence-corrected chi connectivity index (χ3v) is 3.81. The molecule has 6 nitrogen and oxygen atoms in total. The highest BCUT2D eigenvalue weighted by Crippen LogP contribution is 2.32. The first kappa shape index (κ1) is 17.0. The molecule has 0 bridgehead atoms. The minimum absolute atomic E-state index is 0.213. The van der Waals surface area contributed by atoms with Crippen LogP contribution >= 0.6 is 0 Å². The Morgan fingerprint density at radius 1 is 1.08 bits per heavy atom. The monoisotopic (exact) mass is 343 g/mol. The van der Waals surface area contributed by atoms with Crippen molar-refractivity contribution in [2.45, 2.75) is 19.4 Å². The third-order valence-electron chi connectivity index (χ3n) is 3.81. The minimum atomic E-state index is -0.596. The molecule has 0 radical (unpaired) electrons. The van der Waals surface area contributed by atoms with E-state index in [1.165, 1.54) is 0 Å². The molecule has 1 aliphatic rings. The fourth-order valence-electron chi connectivity index (χ4n) is 2.48. The summed E-state index contributed by atoms with van der Waals surface area (Å²) in [6.07, 6.45) is -0.0517. The van der Waals surface area contributed by atoms with E-state index >= 15 is 0 Å². The molecule has 0 fully saturated rings. The van der Waals surface area contributed by atoms with Gasteiger partial charge in [0, 0.05) is 11.8 Å². The molecule has 3 rings (SSSR count). The molecule has 1 N–H and O–H groups in total. The summed E-state index contributed by atoms with van der Waals surface area (Å²) in [4.78, 5) is 12.5. The largest absolute Gasteiger partial charge is 0.497 e. The van der Waals surface area contributed by atoms with E-state index < -0.39 is 6.10 Å². The lowest BCUT2D eigenvalue weighted by atomic mass is 10.2. The molecular weight excluding hydrogens is 322 g/mol. The maximum absolute atomic E-state index is 12.5. The van der Waals surface area contributed by atoms with Crippen molar-refractivity contribution in [2.75, 3.05) is 25.6 Å². The van der Waals surface area contributed by atoms with Crippen LogP contribution in [-0.2, 0) is 4.79 Å². The summed E-state index contributed by atoms with van der Waals surface area (Å²) in [5.41, 5.74) is 0.644. The lowest BCUT2D eigenvalue weighted by Crippen LogP contribution is -2.32. The molecule has 25 heavy (non-hydrogen) atoms. The lowest BCUT2D eigenvalue weighted by molar-refractivity contribution is -0.122. The number of fused-ring (bicyclic) bond motifs is 1. The van der Waals surface area contributed by atoms with Crippen LogP contribution in [0.1, 0.15) is 13.3 Å². The van der Waals surface area contributed by atoms with Gasteiger partial charge in [0.05, 0.1) is 7.11 Å². The molecule has 6 heteroatoms. The molecule has 1 aliphatic heterocycles. The number of nitrogens with one attached hydrogen (secondary N) is 1. The molecule has 1 heterocycles. The quantitative estimate of drug-likeness (QED) is 0.872. The highest BCUT2D eigenvalue weighted by atomic mass is 16.6. The Morgan fingerprint density at radius 2 is 1.76 bits per heavy atom. The fraction of sp³-hybridized carbons (Fsp3) is 0.316. The number of carbonyl (C=O) groups excluding carboxylic acids is 1. The second-order valence-electron chi connectivity index (χ2n) is 5.54. The molecule has 0 saturated heterocycles. The number of rotatable bonds is 6. The standard InChI is InChI=1S/C19H21NO5/c1-3-16(25-15-7-5-14(22-2)6-8-15)19(21)20-13-4-9-17-18(12-13)24-11-10-23-17/h4-9,12,16H,3,10-11H2,1-2H3,(H,20,21)/t16-/m1/s1. The van der Waals surface area contributed by atoms with Gasteiger partial charge < -0.3 is 24.3 Å². The normalized spacial score (nSPS) is 13.7. The molecular formula is C19H21NO5. The number of hydrogen-bond acceptors (Lipinski definition) is 5. The summed E-state index contributed by atoms with van der Waals surface area (Å²) in [6.45, 7) is 2.94. The van der Waals surface area contributed by atoms with Crippen molar-refractivity contribution in [1.29, 1.82) is 0 Å². The first-order valence-electron chi connectivity index (χ1n) is 8.21. The highest BCUT2D eigenvalue weighted by Gasteiger charge is 2.20. The zero-order chi connectivity index (χ0) is 17.6. The van der Waals surface area contributed by atoms with Gasteiger partial charge in [-0.15, -0.1) is 0 Å². The summed E-state index contributed by atoms with van der Waals surface area (Å²) >= 11 is 0. The van der Waals surface area contributed by atoms with Gasteiger partial charge in [-0.2, -0.15) is 0 Å². The summed E-state index contributed by atoms with van der Waals surface area (Å²) in [5.74, 6) is 2.46. The van der Waals surface area contributed by atoms with Crippen LogP contribution in [0.15, 0.2) is 42.5 Å². The summed E-state index contributed by atoms with van der Waals surface area (Å²) in [5, 5.41) is 2.86. The summed E-state index contributed by atoms with van der Waals surface area (Å²) in [6, 6.07) is 12.5. The zero-order valence-corrected chi connectivity index (χ0v) is 14.3. The third kappa shape index (κ3) is 4.15. The van der Waals surface area contributed by atoms with Crippen molar-refractivity contribution in [1.82, 2.24) is 0 Å². The Bertz CT molecular complexity index is 729. The summed E-state index contributed by atoms with van der Waals surface area (Å²) < 4.78 is 21.9. The van der Waals surface area contributed by atoms with E-state index in [0.717, 1.165) is 5.75 Å². The Hall–Kier alpha value is -2.89. The van der Waals surface area contributed by atoms with Crippen molar-refractivity contribution in [3.05, 3.63) is 42.5 Å². The van der Waals surface area contributed by atoms with Crippen LogP contribution in [0.3, 0.4) is 0 Å². The van der Waals surface area contributed by atoms with Crippen LogP contribution in [0.25, 0.3) is 0 Å². The maximum atomic E-state index is 12.5. The van der Waals surface area contributed by atoms with Crippen molar-refractivity contribution >= 4 is 11.6 Å². The van der Waals surface area contributed by atoms with Crippen LogP contribution in [0.5, 0.6) is 23.0 Å². The maximum Gasteiger partial charge on any atom is 0.265 e. The lowest BCUT2D eigenvalue weighted by Gasteiger charge is -2.20. The van der Waals surface area contributed by atoms with Crippen molar-refractivity contribution in [3.63, 3.8) is 0 Å². The molecule has 0 saturated carbocycles. The van der Waals surface area contributed by atoms with Crippen LogP contribution in [0.2, 0.25) is 0 Å². The predicted molar refractivity (Wildman–Crippen MR) is 93.8 cm³/mol. The number of carbonyl (C=O) groups is 1. The average molecular weight is 343 g/mol. The Kier molecular flexibility index (Phi) is 5.28. The number of benzene rings is 2. The van der Waals surface area contributed by atoms with Gasteiger partial charge in [0.25, 0.3) is 5.91 Å². The zero-order valence-electron chi connectivity index (χ0n) is 14.3. The van der Waals surface area contributed by atoms with Gasteiger partial charge in [-0.1, -0.05) is 6.92 Å². The second kappa shape index (κ2) is 7.79. The van der Waals surface area contributed by atoms with Crippen molar-refractivity contribution in [2.24, 2.45) is 0 Å². The summed E-state index contributed by atoms with van der Waals surface area (Å²) in [7, 11) is 1.60. The molecule has 0 aliphatic carbocycles. The van der Waals surface area contributed by atoms with Gasteiger partial charge in [-0.25, -0.2) is 0 Å². The number of ether oxygens (including phenoxy) is 4. The van der Waals surface area contributed by atoms with E-state index in [9.17, 15) is 4.79 Å². The van der Waals surface area contributed by atoms with E-state index in [2.05, 4.69) is 5.32 Å². The topological polar surface area (TPSA) is 66.0 Å². The molecule has 0 spiro atoms. The molecule has 2 aromatic rings. The fourth-order valence-corrected chi connectivity index (χ4v) is 2.48. The number of hydrogen-bond donors (Lipinski definition) is 1. The number of anilines is 1. The van der Waals surface area contributed by atoms with Gasteiger partial charge in [-0.05, 0) is 42.8 Å². The van der Waals surface area contributed by atoms with E-state index in [1.807, 2.05) is 6.92 Å². The Balaban J connectivity index is 1.65. The average Bonchev–Trinajstić information content (AvgIpc) is 2.66. The Morgan fingerprint density at radius 3 is 2.44 bits per heavy atom. The van der Waals surface area contributed by atoms with Gasteiger partial charge >= 0.3 is 0 Å². The Labute approximate surface area is 146 Å². The molecule has 0 unspecified atom stereocenters. The first-order chi connectivity index (χ1) is 12.2. The van der Waals surface area contributed by atoms with Crippen LogP contribution in [0.4, 0.5) is 5.69 Å². The van der Waals surface area contributed by atoms with Gasteiger partial charge in [-0.3, -0.25) is 4.79 Å². The van der Waals surface area contributed by atoms with Crippen LogP contribution in [-0.4, -0.2) is 32.3 Å². The van der Waals surface area contributed by atoms with Crippen LogP contribution < -0.4 is 24.3 Å². The van der Waals surface area contributed by atoms with Crippen LogP contribution in [0, 0.1) is 0 Å².